The molecule has 0 bridgehead atoms. The first kappa shape index (κ1) is 13.8. The van der Waals surface area contributed by atoms with Crippen LogP contribution in [-0.4, -0.2) is 61.5 Å². The van der Waals surface area contributed by atoms with Gasteiger partial charge in [-0.15, -0.1) is 0 Å². The topological polar surface area (TPSA) is 35.6 Å². The molecule has 0 radical (unpaired) electrons. The lowest BCUT2D eigenvalue weighted by molar-refractivity contribution is -0.137. The highest BCUT2D eigenvalue weighted by Gasteiger charge is 2.34. The van der Waals surface area contributed by atoms with Gasteiger partial charge in [-0.25, -0.2) is 0 Å². The molecular weight excluding hydrogens is 226 g/mol. The molecule has 18 heavy (non-hydrogen) atoms. The fraction of sp³-hybridized carbons (Fsp3) is 0.929. The van der Waals surface area contributed by atoms with Crippen LogP contribution in [0.25, 0.3) is 0 Å². The molecule has 2 saturated heterocycles. The number of nitrogens with zero attached hydrogens (tertiary/aromatic N) is 2. The Balaban J connectivity index is 1.92. The first-order valence-corrected chi connectivity index (χ1v) is 7.33. The van der Waals surface area contributed by atoms with Crippen molar-refractivity contribution in [2.24, 2.45) is 11.8 Å². The zero-order valence-corrected chi connectivity index (χ0v) is 12.0. The number of nitrogens with one attached hydrogen (secondary N) is 1. The summed E-state index contributed by atoms with van der Waals surface area (Å²) < 4.78 is 0. The van der Waals surface area contributed by atoms with Gasteiger partial charge in [0.15, 0.2) is 0 Å². The highest BCUT2D eigenvalue weighted by molar-refractivity contribution is 5.79. The number of piperidine rings is 1. The lowest BCUT2D eigenvalue weighted by atomic mass is 9.91. The number of hydrogen-bond acceptors (Lipinski definition) is 3. The standard InChI is InChI=1S/C14H27N3O/c1-4-17-8-6-13(11(2)10-17)16(3)14(18)12-5-7-15-9-12/h11-13,15H,4-10H2,1-3H3/t11-,12-,13+/m1/s1. The van der Waals surface area contributed by atoms with Crippen molar-refractivity contribution in [3.8, 4) is 0 Å². The van der Waals surface area contributed by atoms with Gasteiger partial charge in [0.25, 0.3) is 0 Å². The Morgan fingerprint density at radius 2 is 2.22 bits per heavy atom. The van der Waals surface area contributed by atoms with E-state index in [-0.39, 0.29) is 5.92 Å². The van der Waals surface area contributed by atoms with Gasteiger partial charge in [0.05, 0.1) is 5.92 Å². The van der Waals surface area contributed by atoms with Crippen molar-refractivity contribution in [2.75, 3.05) is 39.8 Å². The van der Waals surface area contributed by atoms with Crippen molar-refractivity contribution in [2.45, 2.75) is 32.7 Å². The van der Waals surface area contributed by atoms with E-state index in [2.05, 4.69) is 24.1 Å². The van der Waals surface area contributed by atoms with E-state index >= 15 is 0 Å². The molecule has 104 valence electrons. The van der Waals surface area contributed by atoms with Crippen LogP contribution in [0.15, 0.2) is 0 Å². The summed E-state index contributed by atoms with van der Waals surface area (Å²) in [6, 6.07) is 0.431. The molecule has 0 aliphatic carbocycles. The van der Waals surface area contributed by atoms with Gasteiger partial charge in [-0.2, -0.15) is 0 Å². The highest BCUT2D eigenvalue weighted by Crippen LogP contribution is 2.23. The van der Waals surface area contributed by atoms with Crippen LogP contribution in [0, 0.1) is 11.8 Å². The molecule has 0 unspecified atom stereocenters. The summed E-state index contributed by atoms with van der Waals surface area (Å²) >= 11 is 0. The molecule has 2 rings (SSSR count). The Hall–Kier alpha value is -0.610. The molecule has 1 N–H and O–H groups in total. The molecule has 4 heteroatoms. The Morgan fingerprint density at radius 1 is 1.44 bits per heavy atom. The maximum absolute atomic E-state index is 12.4. The summed E-state index contributed by atoms with van der Waals surface area (Å²) in [5.41, 5.74) is 0. The van der Waals surface area contributed by atoms with Crippen LogP contribution in [0.2, 0.25) is 0 Å². The van der Waals surface area contributed by atoms with E-state index in [0.29, 0.717) is 17.9 Å². The minimum absolute atomic E-state index is 0.214. The smallest absolute Gasteiger partial charge is 0.227 e. The number of rotatable bonds is 3. The monoisotopic (exact) mass is 253 g/mol. The van der Waals surface area contributed by atoms with Crippen LogP contribution < -0.4 is 5.32 Å². The van der Waals surface area contributed by atoms with Crippen LogP contribution in [0.5, 0.6) is 0 Å². The molecule has 2 aliphatic rings. The van der Waals surface area contributed by atoms with Gasteiger partial charge in [0.2, 0.25) is 5.91 Å². The molecule has 0 aromatic rings. The molecule has 4 nitrogen and oxygen atoms in total. The third-order valence-electron chi connectivity index (χ3n) is 4.65. The first-order valence-electron chi connectivity index (χ1n) is 7.33. The van der Waals surface area contributed by atoms with E-state index in [4.69, 9.17) is 0 Å². The molecule has 0 aromatic heterocycles. The van der Waals surface area contributed by atoms with Crippen LogP contribution >= 0.6 is 0 Å². The normalized spacial score (nSPS) is 33.6. The molecule has 0 spiro atoms. The summed E-state index contributed by atoms with van der Waals surface area (Å²) in [6.45, 7) is 9.74. The Morgan fingerprint density at radius 3 is 2.78 bits per heavy atom. The second-order valence-corrected chi connectivity index (χ2v) is 5.87. The molecule has 2 heterocycles. The average Bonchev–Trinajstić information content (AvgIpc) is 2.90. The van der Waals surface area contributed by atoms with Crippen molar-refractivity contribution in [1.29, 1.82) is 0 Å². The Kier molecular flexibility index (Phi) is 4.62. The number of carbonyl (C=O) groups excluding carboxylic acids is 1. The number of hydrogen-bond donors (Lipinski definition) is 1. The largest absolute Gasteiger partial charge is 0.342 e. The van der Waals surface area contributed by atoms with E-state index in [1.54, 1.807) is 0 Å². The fourth-order valence-corrected chi connectivity index (χ4v) is 3.40. The number of amides is 1. The van der Waals surface area contributed by atoms with E-state index in [1.807, 2.05) is 11.9 Å². The molecule has 3 atom stereocenters. The number of carbonyl (C=O) groups is 1. The molecule has 0 saturated carbocycles. The zero-order valence-electron chi connectivity index (χ0n) is 12.0. The summed E-state index contributed by atoms with van der Waals surface area (Å²) in [7, 11) is 2.00. The molecule has 2 fully saturated rings. The molecular formula is C14H27N3O. The average molecular weight is 253 g/mol. The maximum atomic E-state index is 12.4. The van der Waals surface area contributed by atoms with Crippen molar-refractivity contribution < 1.29 is 4.79 Å². The summed E-state index contributed by atoms with van der Waals surface area (Å²) in [5, 5.41) is 3.28. The van der Waals surface area contributed by atoms with Crippen LogP contribution in [0.1, 0.15) is 26.7 Å². The fourth-order valence-electron chi connectivity index (χ4n) is 3.40. The maximum Gasteiger partial charge on any atom is 0.227 e. The van der Waals surface area contributed by atoms with Crippen molar-refractivity contribution in [3.63, 3.8) is 0 Å². The van der Waals surface area contributed by atoms with Gasteiger partial charge in [-0.05, 0) is 31.8 Å². The van der Waals surface area contributed by atoms with Gasteiger partial charge in [0, 0.05) is 32.7 Å². The van der Waals surface area contributed by atoms with Crippen LogP contribution in [0.4, 0.5) is 0 Å². The van der Waals surface area contributed by atoms with E-state index in [1.165, 1.54) is 0 Å². The minimum Gasteiger partial charge on any atom is -0.342 e. The predicted octanol–water partition coefficient (Wildman–Crippen LogP) is 0.785. The van der Waals surface area contributed by atoms with Gasteiger partial charge < -0.3 is 15.1 Å². The van der Waals surface area contributed by atoms with Crippen molar-refractivity contribution in [3.05, 3.63) is 0 Å². The van der Waals surface area contributed by atoms with Crippen LogP contribution in [0.3, 0.4) is 0 Å². The Bertz CT molecular complexity index is 289. The lowest BCUT2D eigenvalue weighted by Gasteiger charge is -2.41. The number of likely N-dealkylation sites (tertiary alicyclic amines) is 1. The second-order valence-electron chi connectivity index (χ2n) is 5.87. The van der Waals surface area contributed by atoms with E-state index in [0.717, 1.165) is 45.6 Å². The summed E-state index contributed by atoms with van der Waals surface area (Å²) in [4.78, 5) is 16.9. The lowest BCUT2D eigenvalue weighted by Crippen LogP contribution is -2.52. The van der Waals surface area contributed by atoms with Gasteiger partial charge in [-0.3, -0.25) is 4.79 Å². The third kappa shape index (κ3) is 2.86. The van der Waals surface area contributed by atoms with Gasteiger partial charge in [-0.1, -0.05) is 13.8 Å². The molecule has 0 aromatic carbocycles. The minimum atomic E-state index is 0.214. The third-order valence-corrected chi connectivity index (χ3v) is 4.65. The summed E-state index contributed by atoms with van der Waals surface area (Å²) in [6.07, 6.45) is 2.13. The van der Waals surface area contributed by atoms with E-state index in [9.17, 15) is 4.79 Å². The quantitative estimate of drug-likeness (QED) is 0.807. The Labute approximate surface area is 111 Å². The van der Waals surface area contributed by atoms with Crippen molar-refractivity contribution in [1.82, 2.24) is 15.1 Å². The SMILES string of the molecule is CCN1CC[C@H](N(C)C(=O)[C@@H]2CCNC2)[C@H](C)C1. The molecule has 1 amide bonds. The van der Waals surface area contributed by atoms with Crippen LogP contribution in [-0.2, 0) is 4.79 Å². The van der Waals surface area contributed by atoms with Gasteiger partial charge >= 0.3 is 0 Å². The van der Waals surface area contributed by atoms with Gasteiger partial charge in [0.1, 0.15) is 0 Å². The van der Waals surface area contributed by atoms with Crippen molar-refractivity contribution >= 4 is 5.91 Å². The highest BCUT2D eigenvalue weighted by atomic mass is 16.2. The zero-order chi connectivity index (χ0) is 13.1. The second kappa shape index (κ2) is 6.02. The summed E-state index contributed by atoms with van der Waals surface area (Å²) in [5.74, 6) is 1.15. The first-order chi connectivity index (χ1) is 8.63. The van der Waals surface area contributed by atoms with E-state index < -0.39 is 0 Å². The predicted molar refractivity (Wildman–Crippen MR) is 73.4 cm³/mol. The molecule has 2 aliphatic heterocycles.